The summed E-state index contributed by atoms with van der Waals surface area (Å²) in [6.07, 6.45) is 0. The van der Waals surface area contributed by atoms with Crippen molar-refractivity contribution in [1.82, 2.24) is 15.0 Å². The number of fused-ring (bicyclic) bond motifs is 9. The lowest BCUT2D eigenvalue weighted by atomic mass is 10.0. The average Bonchev–Trinajstić information content (AvgIpc) is 3.88. The van der Waals surface area contributed by atoms with E-state index in [2.05, 4.69) is 66.7 Å². The molecule has 11 aromatic rings. The molecule has 0 fully saturated rings. The maximum Gasteiger partial charge on any atom is 0.164 e. The van der Waals surface area contributed by atoms with Crippen molar-refractivity contribution in [3.8, 4) is 45.3 Å². The summed E-state index contributed by atoms with van der Waals surface area (Å²) in [6, 6.07) is 51.1. The van der Waals surface area contributed by atoms with Gasteiger partial charge in [0.25, 0.3) is 0 Å². The van der Waals surface area contributed by atoms with E-state index in [0.717, 1.165) is 93.6 Å². The molecule has 0 saturated carbocycles. The first-order valence-electron chi connectivity index (χ1n) is 16.8. The van der Waals surface area contributed by atoms with Crippen LogP contribution in [0.3, 0.4) is 0 Å². The van der Waals surface area contributed by atoms with Crippen LogP contribution in [0.2, 0.25) is 0 Å². The summed E-state index contributed by atoms with van der Waals surface area (Å²) in [7, 11) is 0. The van der Waals surface area contributed by atoms with E-state index in [0.29, 0.717) is 17.5 Å². The van der Waals surface area contributed by atoms with Gasteiger partial charge in [-0.15, -0.1) is 0 Å². The highest BCUT2D eigenvalue weighted by Gasteiger charge is 2.18. The van der Waals surface area contributed by atoms with E-state index >= 15 is 0 Å². The lowest BCUT2D eigenvalue weighted by Crippen LogP contribution is -2.00. The van der Waals surface area contributed by atoms with Crippen LogP contribution in [-0.2, 0) is 0 Å². The van der Waals surface area contributed by atoms with E-state index in [-0.39, 0.29) is 0 Å². The Morgan fingerprint density at radius 2 is 0.804 bits per heavy atom. The molecular formula is C45H25N3O3. The third-order valence-corrected chi connectivity index (χ3v) is 9.75. The Hall–Kier alpha value is -7.05. The number of benzene rings is 7. The van der Waals surface area contributed by atoms with E-state index in [1.165, 1.54) is 0 Å². The predicted octanol–water partition coefficient (Wildman–Crippen LogP) is 12.2. The van der Waals surface area contributed by atoms with Crippen molar-refractivity contribution in [3.05, 3.63) is 152 Å². The molecule has 51 heavy (non-hydrogen) atoms. The lowest BCUT2D eigenvalue weighted by molar-refractivity contribution is 0.668. The molecule has 4 aromatic heterocycles. The number of hydrogen-bond donors (Lipinski definition) is 0. The first kappa shape index (κ1) is 27.9. The molecule has 6 nitrogen and oxygen atoms in total. The van der Waals surface area contributed by atoms with E-state index in [1.54, 1.807) is 0 Å². The number of aromatic nitrogens is 3. The summed E-state index contributed by atoms with van der Waals surface area (Å²) in [5.74, 6) is 1.75. The number of hydrogen-bond acceptors (Lipinski definition) is 6. The first-order chi connectivity index (χ1) is 25.2. The van der Waals surface area contributed by atoms with Crippen molar-refractivity contribution in [3.63, 3.8) is 0 Å². The van der Waals surface area contributed by atoms with E-state index in [9.17, 15) is 0 Å². The van der Waals surface area contributed by atoms with Crippen molar-refractivity contribution in [2.45, 2.75) is 0 Å². The van der Waals surface area contributed by atoms with Gasteiger partial charge in [-0.25, -0.2) is 15.0 Å². The zero-order valence-corrected chi connectivity index (χ0v) is 27.0. The van der Waals surface area contributed by atoms with Crippen LogP contribution >= 0.6 is 0 Å². The molecule has 238 valence electrons. The van der Waals surface area contributed by atoms with Gasteiger partial charge < -0.3 is 13.3 Å². The smallest absolute Gasteiger partial charge is 0.164 e. The Bertz CT molecular complexity index is 3150. The molecule has 0 amide bonds. The predicted molar refractivity (Wildman–Crippen MR) is 203 cm³/mol. The minimum atomic E-state index is 0.565. The normalized spacial score (nSPS) is 11.9. The molecule has 0 spiro atoms. The molecule has 11 rings (SSSR count). The molecule has 4 heterocycles. The molecule has 0 bridgehead atoms. The van der Waals surface area contributed by atoms with Gasteiger partial charge in [-0.1, -0.05) is 97.1 Å². The minimum Gasteiger partial charge on any atom is -0.456 e. The zero-order valence-electron chi connectivity index (χ0n) is 27.0. The highest BCUT2D eigenvalue weighted by atomic mass is 16.3. The summed E-state index contributed by atoms with van der Waals surface area (Å²) in [6.45, 7) is 0. The van der Waals surface area contributed by atoms with Crippen LogP contribution in [0, 0.1) is 0 Å². The van der Waals surface area contributed by atoms with Crippen LogP contribution in [0.1, 0.15) is 0 Å². The van der Waals surface area contributed by atoms with Crippen molar-refractivity contribution in [2.24, 2.45) is 0 Å². The van der Waals surface area contributed by atoms with Gasteiger partial charge in [0.15, 0.2) is 17.5 Å². The van der Waals surface area contributed by atoms with Crippen LogP contribution in [0.4, 0.5) is 0 Å². The van der Waals surface area contributed by atoms with Gasteiger partial charge in [-0.3, -0.25) is 0 Å². The standard InChI is InChI=1S/C45H25N3O3/c1-2-9-26(10-3-1)43-46-44(28-19-22-39-36(23-28)32-12-5-6-15-37(32)49-39)48-45(47-43)29-18-21-34-33-20-17-27(24-40(33)50-41(34)25-29)30-13-8-14-35-31-11-4-7-16-38(31)51-42(30)35/h1-25H. The Morgan fingerprint density at radius 3 is 1.57 bits per heavy atom. The first-order valence-corrected chi connectivity index (χ1v) is 16.8. The molecule has 0 saturated heterocycles. The molecule has 6 heteroatoms. The van der Waals surface area contributed by atoms with Gasteiger partial charge in [0.2, 0.25) is 0 Å². The fourth-order valence-electron chi connectivity index (χ4n) is 7.27. The fraction of sp³-hybridized carbons (Fsp3) is 0. The molecule has 0 aliphatic heterocycles. The van der Waals surface area contributed by atoms with Crippen LogP contribution in [0.25, 0.3) is 111 Å². The topological polar surface area (TPSA) is 78.1 Å². The highest BCUT2D eigenvalue weighted by molar-refractivity contribution is 6.11. The second-order valence-electron chi connectivity index (χ2n) is 12.8. The monoisotopic (exact) mass is 655 g/mol. The summed E-state index contributed by atoms with van der Waals surface area (Å²) in [4.78, 5) is 15.0. The molecule has 0 aliphatic rings. The molecule has 0 aliphatic carbocycles. The second kappa shape index (κ2) is 10.7. The number of para-hydroxylation sites is 3. The van der Waals surface area contributed by atoms with Gasteiger partial charge in [0, 0.05) is 54.6 Å². The van der Waals surface area contributed by atoms with Crippen molar-refractivity contribution >= 4 is 65.8 Å². The van der Waals surface area contributed by atoms with E-state index < -0.39 is 0 Å². The van der Waals surface area contributed by atoms with Crippen molar-refractivity contribution in [1.29, 1.82) is 0 Å². The molecule has 0 atom stereocenters. The molecular weight excluding hydrogens is 631 g/mol. The van der Waals surface area contributed by atoms with Crippen LogP contribution in [0.15, 0.2) is 165 Å². The Kier molecular flexibility index (Phi) is 5.86. The van der Waals surface area contributed by atoms with Gasteiger partial charge in [-0.2, -0.15) is 0 Å². The Labute approximate surface area is 290 Å². The van der Waals surface area contributed by atoms with Crippen LogP contribution in [-0.4, -0.2) is 15.0 Å². The van der Waals surface area contributed by atoms with E-state index in [1.807, 2.05) is 84.9 Å². The Morgan fingerprint density at radius 1 is 0.294 bits per heavy atom. The molecule has 7 aromatic carbocycles. The molecule has 0 radical (unpaired) electrons. The third-order valence-electron chi connectivity index (χ3n) is 9.75. The minimum absolute atomic E-state index is 0.565. The quantitative estimate of drug-likeness (QED) is 0.188. The van der Waals surface area contributed by atoms with Gasteiger partial charge in [-0.05, 0) is 60.2 Å². The maximum absolute atomic E-state index is 6.55. The molecule has 0 N–H and O–H groups in total. The van der Waals surface area contributed by atoms with Crippen LogP contribution < -0.4 is 0 Å². The largest absolute Gasteiger partial charge is 0.456 e. The van der Waals surface area contributed by atoms with Gasteiger partial charge >= 0.3 is 0 Å². The van der Waals surface area contributed by atoms with Gasteiger partial charge in [0.1, 0.15) is 33.5 Å². The summed E-state index contributed by atoms with van der Waals surface area (Å²) in [5.41, 5.74) is 9.68. The summed E-state index contributed by atoms with van der Waals surface area (Å²) < 4.78 is 19.0. The highest BCUT2D eigenvalue weighted by Crippen LogP contribution is 2.39. The fourth-order valence-corrected chi connectivity index (χ4v) is 7.27. The number of rotatable bonds is 4. The van der Waals surface area contributed by atoms with Crippen LogP contribution in [0.5, 0.6) is 0 Å². The second-order valence-corrected chi connectivity index (χ2v) is 12.8. The number of nitrogens with zero attached hydrogens (tertiary/aromatic N) is 3. The maximum atomic E-state index is 6.55. The van der Waals surface area contributed by atoms with E-state index in [4.69, 9.17) is 28.2 Å². The third kappa shape index (κ3) is 4.40. The summed E-state index contributed by atoms with van der Waals surface area (Å²) >= 11 is 0. The summed E-state index contributed by atoms with van der Waals surface area (Å²) in [5, 5.41) is 6.35. The molecule has 0 unspecified atom stereocenters. The van der Waals surface area contributed by atoms with Crippen molar-refractivity contribution < 1.29 is 13.3 Å². The van der Waals surface area contributed by atoms with Crippen molar-refractivity contribution in [2.75, 3.05) is 0 Å². The lowest BCUT2D eigenvalue weighted by Gasteiger charge is -2.08. The van der Waals surface area contributed by atoms with Gasteiger partial charge in [0.05, 0.1) is 0 Å². The number of furan rings is 3. The average molecular weight is 656 g/mol. The zero-order chi connectivity index (χ0) is 33.5. The SMILES string of the molecule is c1ccc(-c2nc(-c3ccc4c(c3)oc3cc(-c5cccc6c5oc5ccccc56)ccc34)nc(-c3ccc4oc5ccccc5c4c3)n2)cc1. The Balaban J connectivity index is 1.04.